The lowest BCUT2D eigenvalue weighted by Crippen LogP contribution is -2.01. The summed E-state index contributed by atoms with van der Waals surface area (Å²) in [6.45, 7) is 3.25. The van der Waals surface area contributed by atoms with Crippen LogP contribution in [0.25, 0.3) is 0 Å². The molecule has 88 valence electrons. The molecule has 0 saturated heterocycles. The summed E-state index contributed by atoms with van der Waals surface area (Å²) in [4.78, 5) is 0. The highest BCUT2D eigenvalue weighted by Gasteiger charge is 2.20. The van der Waals surface area contributed by atoms with Gasteiger partial charge in [-0.05, 0) is 18.1 Å². The van der Waals surface area contributed by atoms with Crippen molar-refractivity contribution in [2.75, 3.05) is 13.2 Å². The fourth-order valence-electron chi connectivity index (χ4n) is 1.92. The zero-order chi connectivity index (χ0) is 11.5. The van der Waals surface area contributed by atoms with Crippen LogP contribution in [0, 0.1) is 0 Å². The molecule has 1 aliphatic heterocycles. The van der Waals surface area contributed by atoms with Crippen molar-refractivity contribution in [2.45, 2.75) is 26.4 Å². The van der Waals surface area contributed by atoms with Gasteiger partial charge in [-0.3, -0.25) is 0 Å². The van der Waals surface area contributed by atoms with Crippen molar-refractivity contribution in [2.24, 2.45) is 0 Å². The second-order valence-electron chi connectivity index (χ2n) is 3.72. The number of halogens is 1. The summed E-state index contributed by atoms with van der Waals surface area (Å²) in [5, 5.41) is 9.80. The first-order chi connectivity index (χ1) is 7.77. The number of rotatable bonds is 2. The maximum atomic E-state index is 9.29. The standard InChI is InChI=1S/C12H15ClO3/c1-2-9-8(7-14)6-10(13)12-11(9)15-4-3-5-16-12/h6,14H,2-5,7H2,1H3. The topological polar surface area (TPSA) is 38.7 Å². The minimum absolute atomic E-state index is 0.0282. The summed E-state index contributed by atoms with van der Waals surface area (Å²) >= 11 is 6.11. The van der Waals surface area contributed by atoms with Crippen molar-refractivity contribution in [1.82, 2.24) is 0 Å². The van der Waals surface area contributed by atoms with Crippen molar-refractivity contribution in [3.05, 3.63) is 22.2 Å². The van der Waals surface area contributed by atoms with E-state index in [0.717, 1.165) is 24.0 Å². The lowest BCUT2D eigenvalue weighted by Gasteiger charge is -2.16. The quantitative estimate of drug-likeness (QED) is 0.866. The fraction of sp³-hybridized carbons (Fsp3) is 0.500. The van der Waals surface area contributed by atoms with E-state index in [1.165, 1.54) is 0 Å². The van der Waals surface area contributed by atoms with Gasteiger partial charge in [0.1, 0.15) is 0 Å². The molecule has 3 nitrogen and oxygen atoms in total. The van der Waals surface area contributed by atoms with Gasteiger partial charge in [-0.25, -0.2) is 0 Å². The maximum Gasteiger partial charge on any atom is 0.180 e. The molecule has 1 aliphatic rings. The average Bonchev–Trinajstić information content (AvgIpc) is 2.54. The van der Waals surface area contributed by atoms with E-state index in [0.29, 0.717) is 29.7 Å². The zero-order valence-electron chi connectivity index (χ0n) is 9.25. The third-order valence-corrected chi connectivity index (χ3v) is 2.97. The lowest BCUT2D eigenvalue weighted by molar-refractivity contribution is 0.277. The number of hydrogen-bond donors (Lipinski definition) is 1. The van der Waals surface area contributed by atoms with Crippen LogP contribution >= 0.6 is 11.6 Å². The summed E-state index contributed by atoms with van der Waals surface area (Å²) in [7, 11) is 0. The van der Waals surface area contributed by atoms with Crippen molar-refractivity contribution in [1.29, 1.82) is 0 Å². The highest BCUT2D eigenvalue weighted by Crippen LogP contribution is 2.41. The van der Waals surface area contributed by atoms with Gasteiger partial charge in [0.15, 0.2) is 11.5 Å². The molecule has 1 aromatic rings. The summed E-state index contributed by atoms with van der Waals surface area (Å²) in [5.41, 5.74) is 1.81. The van der Waals surface area contributed by atoms with Gasteiger partial charge in [0, 0.05) is 12.0 Å². The molecule has 0 atom stereocenters. The molecule has 0 unspecified atom stereocenters. The number of hydrogen-bond acceptors (Lipinski definition) is 3. The Hall–Kier alpha value is -0.930. The third kappa shape index (κ3) is 1.97. The Morgan fingerprint density at radius 2 is 2.00 bits per heavy atom. The van der Waals surface area contributed by atoms with Gasteiger partial charge in [0.25, 0.3) is 0 Å². The molecular formula is C12H15ClO3. The van der Waals surface area contributed by atoms with E-state index in [2.05, 4.69) is 0 Å². The molecule has 0 aliphatic carbocycles. The van der Waals surface area contributed by atoms with Crippen molar-refractivity contribution in [3.63, 3.8) is 0 Å². The van der Waals surface area contributed by atoms with Crippen LogP contribution in [0.3, 0.4) is 0 Å². The largest absolute Gasteiger partial charge is 0.489 e. The fourth-order valence-corrected chi connectivity index (χ4v) is 2.19. The molecular weight excluding hydrogens is 228 g/mol. The van der Waals surface area contributed by atoms with E-state index in [-0.39, 0.29) is 6.61 Å². The number of fused-ring (bicyclic) bond motifs is 1. The van der Waals surface area contributed by atoms with Crippen LogP contribution in [0.2, 0.25) is 5.02 Å². The van der Waals surface area contributed by atoms with Crippen LogP contribution in [-0.2, 0) is 13.0 Å². The van der Waals surface area contributed by atoms with Crippen LogP contribution in [-0.4, -0.2) is 18.3 Å². The second-order valence-corrected chi connectivity index (χ2v) is 4.12. The summed E-state index contributed by atoms with van der Waals surface area (Å²) in [6.07, 6.45) is 1.64. The predicted octanol–water partition coefficient (Wildman–Crippen LogP) is 2.56. The highest BCUT2D eigenvalue weighted by atomic mass is 35.5. The van der Waals surface area contributed by atoms with Crippen LogP contribution in [0.15, 0.2) is 6.07 Å². The summed E-state index contributed by atoms with van der Waals surface area (Å²) in [5.74, 6) is 1.32. The van der Waals surface area contributed by atoms with E-state index in [1.807, 2.05) is 6.92 Å². The Bertz CT molecular complexity index is 390. The van der Waals surface area contributed by atoms with Gasteiger partial charge in [0.05, 0.1) is 24.8 Å². The van der Waals surface area contributed by atoms with Crippen molar-refractivity contribution >= 4 is 11.6 Å². The second kappa shape index (κ2) is 4.93. The molecule has 16 heavy (non-hydrogen) atoms. The predicted molar refractivity (Wildman–Crippen MR) is 62.4 cm³/mol. The maximum absolute atomic E-state index is 9.29. The van der Waals surface area contributed by atoms with Crippen molar-refractivity contribution in [3.8, 4) is 11.5 Å². The molecule has 1 aromatic carbocycles. The smallest absolute Gasteiger partial charge is 0.180 e. The van der Waals surface area contributed by atoms with E-state index in [4.69, 9.17) is 21.1 Å². The minimum atomic E-state index is -0.0282. The average molecular weight is 243 g/mol. The number of ether oxygens (including phenoxy) is 2. The van der Waals surface area contributed by atoms with E-state index < -0.39 is 0 Å². The summed E-state index contributed by atoms with van der Waals surface area (Å²) in [6, 6.07) is 1.76. The summed E-state index contributed by atoms with van der Waals surface area (Å²) < 4.78 is 11.3. The van der Waals surface area contributed by atoms with Gasteiger partial charge in [-0.2, -0.15) is 0 Å². The normalized spacial score (nSPS) is 14.7. The first-order valence-electron chi connectivity index (χ1n) is 5.48. The Morgan fingerprint density at radius 3 is 2.62 bits per heavy atom. The van der Waals surface area contributed by atoms with E-state index in [9.17, 15) is 5.11 Å². The Labute approximate surface area is 99.9 Å². The first kappa shape index (κ1) is 11.6. The lowest BCUT2D eigenvalue weighted by atomic mass is 10.0. The van der Waals surface area contributed by atoms with Crippen molar-refractivity contribution < 1.29 is 14.6 Å². The first-order valence-corrected chi connectivity index (χ1v) is 5.86. The van der Waals surface area contributed by atoms with Crippen LogP contribution in [0.5, 0.6) is 11.5 Å². The molecule has 0 fully saturated rings. The van der Waals surface area contributed by atoms with Gasteiger partial charge in [-0.1, -0.05) is 18.5 Å². The van der Waals surface area contributed by atoms with Crippen LogP contribution in [0.4, 0.5) is 0 Å². The molecule has 0 radical (unpaired) electrons. The molecule has 4 heteroatoms. The molecule has 2 rings (SSSR count). The monoisotopic (exact) mass is 242 g/mol. The number of aliphatic hydroxyl groups excluding tert-OH is 1. The van der Waals surface area contributed by atoms with Crippen LogP contribution in [0.1, 0.15) is 24.5 Å². The molecule has 1 heterocycles. The Balaban J connectivity index is 2.57. The molecule has 0 aromatic heterocycles. The molecule has 0 spiro atoms. The number of aliphatic hydroxyl groups is 1. The number of benzene rings is 1. The van der Waals surface area contributed by atoms with Gasteiger partial charge >= 0.3 is 0 Å². The van der Waals surface area contributed by atoms with Gasteiger partial charge < -0.3 is 14.6 Å². The van der Waals surface area contributed by atoms with E-state index >= 15 is 0 Å². The molecule has 0 bridgehead atoms. The molecule has 0 saturated carbocycles. The van der Waals surface area contributed by atoms with E-state index in [1.54, 1.807) is 6.07 Å². The van der Waals surface area contributed by atoms with Crippen LogP contribution < -0.4 is 9.47 Å². The third-order valence-electron chi connectivity index (χ3n) is 2.69. The Morgan fingerprint density at radius 1 is 1.31 bits per heavy atom. The van der Waals surface area contributed by atoms with Gasteiger partial charge in [0.2, 0.25) is 0 Å². The SMILES string of the molecule is CCc1c(CO)cc(Cl)c2c1OCCCO2. The van der Waals surface area contributed by atoms with Gasteiger partial charge in [-0.15, -0.1) is 0 Å². The Kier molecular flexibility index (Phi) is 3.56. The highest BCUT2D eigenvalue weighted by molar-refractivity contribution is 6.32. The molecule has 0 amide bonds. The molecule has 1 N–H and O–H groups in total. The zero-order valence-corrected chi connectivity index (χ0v) is 10.0. The minimum Gasteiger partial charge on any atom is -0.489 e.